The molecule has 0 aliphatic heterocycles. The third kappa shape index (κ3) is 6.31. The van der Waals surface area contributed by atoms with Crippen molar-refractivity contribution in [1.82, 2.24) is 0 Å². The summed E-state index contributed by atoms with van der Waals surface area (Å²) < 4.78 is 0. The second-order valence-electron chi connectivity index (χ2n) is 20.3. The molecule has 0 atom stereocenters. The van der Waals surface area contributed by atoms with Crippen LogP contribution in [-0.4, -0.2) is 0 Å². The van der Waals surface area contributed by atoms with Gasteiger partial charge in [0.05, 0.1) is 0 Å². The van der Waals surface area contributed by atoms with E-state index in [1.165, 1.54) is 109 Å². The molecule has 0 bridgehead atoms. The van der Waals surface area contributed by atoms with Gasteiger partial charge in [-0.2, -0.15) is 0 Å². The fraction of sp³-hybridized carbons (Fsp3) is 0.407. The summed E-state index contributed by atoms with van der Waals surface area (Å²) in [5.41, 5.74) is 15.9. The predicted octanol–water partition coefficient (Wildman–Crippen LogP) is 16.1. The zero-order valence-electron chi connectivity index (χ0n) is 35.7. The number of nitrogens with zero attached hydrogens (tertiary/aromatic N) is 1. The second kappa shape index (κ2) is 13.1. The Hall–Kier alpha value is -4.36. The first-order chi connectivity index (χ1) is 25.9. The van der Waals surface area contributed by atoms with Crippen LogP contribution in [0.4, 0.5) is 17.1 Å². The molecule has 0 saturated carbocycles. The predicted molar refractivity (Wildman–Crippen MR) is 240 cm³/mol. The highest BCUT2D eigenvalue weighted by molar-refractivity contribution is 6.13. The van der Waals surface area contributed by atoms with E-state index in [4.69, 9.17) is 0 Å². The van der Waals surface area contributed by atoms with Crippen LogP contribution in [-0.2, 0) is 21.7 Å². The van der Waals surface area contributed by atoms with E-state index in [0.717, 1.165) is 0 Å². The van der Waals surface area contributed by atoms with Crippen molar-refractivity contribution in [2.75, 3.05) is 4.90 Å². The molecule has 0 N–H and O–H groups in total. The molecule has 0 aromatic heterocycles. The van der Waals surface area contributed by atoms with Crippen molar-refractivity contribution in [3.05, 3.63) is 137 Å². The molecule has 1 nitrogen and oxygen atoms in total. The Kier molecular flexibility index (Phi) is 8.95. The minimum Gasteiger partial charge on any atom is -0.310 e. The van der Waals surface area contributed by atoms with Crippen molar-refractivity contribution in [2.45, 2.75) is 142 Å². The van der Waals surface area contributed by atoms with Crippen molar-refractivity contribution in [2.24, 2.45) is 0 Å². The highest BCUT2D eigenvalue weighted by Gasteiger charge is 2.41. The van der Waals surface area contributed by atoms with Crippen molar-refractivity contribution >= 4 is 38.6 Å². The van der Waals surface area contributed by atoms with Crippen LogP contribution in [0.25, 0.3) is 32.7 Å². The molecule has 0 spiro atoms. The standard InChI is InChI=1S/C54H63N/c1-34(2)42-30-45-47(53(9,10)27-25-51(45,5)6)32-49(42)55(50-33-48-46(31-43(50)35(3)4)52(7,8)26-28-54(48,11)12)38-23-21-36(22-24-38)44-29-37-17-13-14-18-39(37)40-19-15-16-20-41(40)44/h13-24,29-35H,25-28H2,1-12H3. The lowest BCUT2D eigenvalue weighted by Crippen LogP contribution is -2.35. The van der Waals surface area contributed by atoms with Crippen LogP contribution in [0.3, 0.4) is 0 Å². The number of anilines is 3. The van der Waals surface area contributed by atoms with Gasteiger partial charge in [-0.1, -0.05) is 156 Å². The smallest absolute Gasteiger partial charge is 0.0499 e. The van der Waals surface area contributed by atoms with Gasteiger partial charge in [-0.3, -0.25) is 0 Å². The average molecular weight is 726 g/mol. The summed E-state index contributed by atoms with van der Waals surface area (Å²) in [5, 5.41) is 5.20. The molecule has 0 heterocycles. The first-order valence-corrected chi connectivity index (χ1v) is 21.1. The fourth-order valence-corrected chi connectivity index (χ4v) is 10.0. The fourth-order valence-electron chi connectivity index (χ4n) is 10.0. The molecule has 0 saturated heterocycles. The van der Waals surface area contributed by atoms with E-state index in [-0.39, 0.29) is 21.7 Å². The number of hydrogen-bond acceptors (Lipinski definition) is 1. The van der Waals surface area contributed by atoms with Gasteiger partial charge in [-0.15, -0.1) is 0 Å². The molecule has 6 aromatic carbocycles. The maximum atomic E-state index is 2.67. The summed E-state index contributed by atoms with van der Waals surface area (Å²) in [5.74, 6) is 0.727. The number of fused-ring (bicyclic) bond motifs is 5. The average Bonchev–Trinajstić information content (AvgIpc) is 3.15. The quantitative estimate of drug-likeness (QED) is 0.155. The van der Waals surface area contributed by atoms with E-state index in [1.54, 1.807) is 0 Å². The summed E-state index contributed by atoms with van der Waals surface area (Å²) in [7, 11) is 0. The molecule has 2 aliphatic rings. The molecular formula is C54H63N. The number of rotatable bonds is 6. The first kappa shape index (κ1) is 37.6. The molecule has 0 amide bonds. The lowest BCUT2D eigenvalue weighted by atomic mass is 9.62. The summed E-state index contributed by atoms with van der Waals surface area (Å²) in [6.45, 7) is 29.3. The van der Waals surface area contributed by atoms with Gasteiger partial charge in [0.25, 0.3) is 0 Å². The van der Waals surface area contributed by atoms with Gasteiger partial charge >= 0.3 is 0 Å². The minimum atomic E-state index is 0.102. The Morgan fingerprint density at radius 1 is 0.436 bits per heavy atom. The van der Waals surface area contributed by atoms with Gasteiger partial charge in [0.15, 0.2) is 0 Å². The minimum absolute atomic E-state index is 0.102. The van der Waals surface area contributed by atoms with Crippen LogP contribution in [0.2, 0.25) is 0 Å². The van der Waals surface area contributed by atoms with Crippen molar-refractivity contribution in [3.8, 4) is 11.1 Å². The van der Waals surface area contributed by atoms with Crippen LogP contribution in [0.15, 0.2) is 103 Å². The lowest BCUT2D eigenvalue weighted by molar-refractivity contribution is 0.331. The van der Waals surface area contributed by atoms with Gasteiger partial charge in [0.2, 0.25) is 0 Å². The molecule has 0 radical (unpaired) electrons. The molecule has 0 fully saturated rings. The topological polar surface area (TPSA) is 3.24 Å². The van der Waals surface area contributed by atoms with Crippen molar-refractivity contribution in [3.63, 3.8) is 0 Å². The molecule has 284 valence electrons. The molecular weight excluding hydrogens is 663 g/mol. The van der Waals surface area contributed by atoms with Crippen LogP contribution in [0.1, 0.15) is 154 Å². The normalized spacial score (nSPS) is 18.1. The Morgan fingerprint density at radius 3 is 1.29 bits per heavy atom. The summed E-state index contributed by atoms with van der Waals surface area (Å²) in [6.07, 6.45) is 4.82. The monoisotopic (exact) mass is 725 g/mol. The SMILES string of the molecule is CC(C)c1cc2c(cc1N(c1ccc(-c3cc4ccccc4c4ccccc34)cc1)c1cc3c(cc1C(C)C)C(C)(C)CCC3(C)C)C(C)(C)CCC2(C)C. The molecule has 0 unspecified atom stereocenters. The van der Waals surface area contributed by atoms with Crippen LogP contribution in [0.5, 0.6) is 0 Å². The lowest BCUT2D eigenvalue weighted by Gasteiger charge is -2.45. The van der Waals surface area contributed by atoms with Crippen molar-refractivity contribution < 1.29 is 0 Å². The Balaban J connectivity index is 1.41. The maximum Gasteiger partial charge on any atom is 0.0499 e. The van der Waals surface area contributed by atoms with Crippen LogP contribution < -0.4 is 4.90 Å². The summed E-state index contributed by atoms with van der Waals surface area (Å²) in [6, 6.07) is 40.1. The Labute approximate surface area is 332 Å². The van der Waals surface area contributed by atoms with Crippen LogP contribution >= 0.6 is 0 Å². The molecule has 55 heavy (non-hydrogen) atoms. The Morgan fingerprint density at radius 2 is 0.836 bits per heavy atom. The zero-order chi connectivity index (χ0) is 39.2. The number of hydrogen-bond donors (Lipinski definition) is 0. The second-order valence-corrected chi connectivity index (χ2v) is 20.3. The summed E-state index contributed by atoms with van der Waals surface area (Å²) >= 11 is 0. The van der Waals surface area contributed by atoms with Gasteiger partial charge in [0.1, 0.15) is 0 Å². The van der Waals surface area contributed by atoms with Crippen LogP contribution in [0, 0.1) is 0 Å². The number of benzene rings is 6. The summed E-state index contributed by atoms with van der Waals surface area (Å²) in [4.78, 5) is 2.67. The van der Waals surface area contributed by atoms with Gasteiger partial charge in [-0.05, 0) is 156 Å². The zero-order valence-corrected chi connectivity index (χ0v) is 35.7. The molecule has 1 heteroatoms. The third-order valence-corrected chi connectivity index (χ3v) is 13.9. The van der Waals surface area contributed by atoms with Gasteiger partial charge in [0, 0.05) is 17.1 Å². The van der Waals surface area contributed by atoms with E-state index in [1.807, 2.05) is 0 Å². The maximum absolute atomic E-state index is 2.67. The highest BCUT2D eigenvalue weighted by Crippen LogP contribution is 2.54. The largest absolute Gasteiger partial charge is 0.310 e. The Bertz CT molecular complexity index is 2340. The van der Waals surface area contributed by atoms with E-state index >= 15 is 0 Å². The molecule has 8 rings (SSSR count). The van der Waals surface area contributed by atoms with Gasteiger partial charge in [-0.25, -0.2) is 0 Å². The first-order valence-electron chi connectivity index (χ1n) is 21.1. The molecule has 6 aromatic rings. The van der Waals surface area contributed by atoms with Gasteiger partial charge < -0.3 is 4.90 Å². The van der Waals surface area contributed by atoms with Crippen molar-refractivity contribution in [1.29, 1.82) is 0 Å². The third-order valence-electron chi connectivity index (χ3n) is 13.9. The van der Waals surface area contributed by atoms with E-state index in [2.05, 4.69) is 191 Å². The van der Waals surface area contributed by atoms with E-state index in [9.17, 15) is 0 Å². The van der Waals surface area contributed by atoms with E-state index < -0.39 is 0 Å². The highest BCUT2D eigenvalue weighted by atomic mass is 15.1. The molecule has 2 aliphatic carbocycles. The van der Waals surface area contributed by atoms with E-state index in [0.29, 0.717) is 11.8 Å².